The summed E-state index contributed by atoms with van der Waals surface area (Å²) in [7, 11) is 0. The molecule has 3 heteroatoms. The van der Waals surface area contributed by atoms with Gasteiger partial charge in [0.05, 0.1) is 6.10 Å². The summed E-state index contributed by atoms with van der Waals surface area (Å²) in [6.07, 6.45) is 6.78. The molecule has 1 unspecified atom stereocenters. The van der Waals surface area contributed by atoms with Crippen molar-refractivity contribution in [3.05, 3.63) is 29.3 Å². The molecular formula is C18H25ClO2. The van der Waals surface area contributed by atoms with Crippen molar-refractivity contribution in [2.45, 2.75) is 57.5 Å². The molecule has 5 atom stereocenters. The maximum Gasteiger partial charge on any atom is 0.115 e. The van der Waals surface area contributed by atoms with Crippen molar-refractivity contribution in [3.63, 3.8) is 0 Å². The summed E-state index contributed by atoms with van der Waals surface area (Å²) in [6, 6.07) is 5.96. The lowest BCUT2D eigenvalue weighted by Crippen LogP contribution is -2.43. The highest BCUT2D eigenvalue weighted by molar-refractivity contribution is 5.85. The van der Waals surface area contributed by atoms with E-state index >= 15 is 0 Å². The molecule has 21 heavy (non-hydrogen) atoms. The predicted molar refractivity (Wildman–Crippen MR) is 86.0 cm³/mol. The fourth-order valence-electron chi connectivity index (χ4n) is 5.54. The predicted octanol–water partition coefficient (Wildman–Crippen LogP) is 4.03. The van der Waals surface area contributed by atoms with Gasteiger partial charge >= 0.3 is 0 Å². The number of hydrogen-bond acceptors (Lipinski definition) is 2. The molecule has 0 spiro atoms. The number of rotatable bonds is 0. The lowest BCUT2D eigenvalue weighted by Gasteiger charge is -2.50. The van der Waals surface area contributed by atoms with E-state index in [9.17, 15) is 10.2 Å². The van der Waals surface area contributed by atoms with Crippen molar-refractivity contribution in [2.24, 2.45) is 17.3 Å². The van der Waals surface area contributed by atoms with E-state index in [-0.39, 0.29) is 23.9 Å². The number of phenols is 1. The highest BCUT2D eigenvalue weighted by Crippen LogP contribution is 2.60. The van der Waals surface area contributed by atoms with Crippen LogP contribution in [0.15, 0.2) is 18.2 Å². The van der Waals surface area contributed by atoms with E-state index in [2.05, 4.69) is 13.0 Å². The average molecular weight is 309 g/mol. The molecular weight excluding hydrogens is 284 g/mol. The Balaban J connectivity index is 0.00000132. The molecule has 0 saturated heterocycles. The van der Waals surface area contributed by atoms with Crippen LogP contribution >= 0.6 is 12.4 Å². The lowest BCUT2D eigenvalue weighted by molar-refractivity contribution is -0.0226. The Morgan fingerprint density at radius 3 is 2.76 bits per heavy atom. The SMILES string of the molecule is C[C@]12CC[C@@H]3c4ccc(O)cc4CC[C@H]3[C@@H]1CCC2O.Cl. The minimum absolute atomic E-state index is 0. The molecule has 0 heterocycles. The first-order chi connectivity index (χ1) is 9.59. The third kappa shape index (κ3) is 2.10. The molecule has 3 aliphatic carbocycles. The van der Waals surface area contributed by atoms with E-state index in [0.717, 1.165) is 25.2 Å². The summed E-state index contributed by atoms with van der Waals surface area (Å²) in [5, 5.41) is 20.0. The summed E-state index contributed by atoms with van der Waals surface area (Å²) in [5.41, 5.74) is 2.99. The van der Waals surface area contributed by atoms with Gasteiger partial charge in [-0.3, -0.25) is 0 Å². The fourth-order valence-corrected chi connectivity index (χ4v) is 5.54. The topological polar surface area (TPSA) is 40.5 Å². The van der Waals surface area contributed by atoms with Gasteiger partial charge in [0.2, 0.25) is 0 Å². The zero-order chi connectivity index (χ0) is 13.9. The minimum Gasteiger partial charge on any atom is -0.508 e. The van der Waals surface area contributed by atoms with Gasteiger partial charge in [-0.05, 0) is 85.0 Å². The molecule has 2 N–H and O–H groups in total. The zero-order valence-electron chi connectivity index (χ0n) is 12.6. The number of phenolic OH excluding ortho intramolecular Hbond substituents is 1. The van der Waals surface area contributed by atoms with Gasteiger partial charge in [0.1, 0.15) is 5.75 Å². The number of fused-ring (bicyclic) bond motifs is 5. The Morgan fingerprint density at radius 2 is 1.95 bits per heavy atom. The number of benzene rings is 1. The van der Waals surface area contributed by atoms with Crippen molar-refractivity contribution in [3.8, 4) is 5.75 Å². The Kier molecular flexibility index (Phi) is 3.74. The molecule has 0 amide bonds. The molecule has 0 aromatic heterocycles. The van der Waals surface area contributed by atoms with Crippen LogP contribution in [0.4, 0.5) is 0 Å². The molecule has 1 aromatic carbocycles. The smallest absolute Gasteiger partial charge is 0.115 e. The van der Waals surface area contributed by atoms with Gasteiger partial charge in [-0.25, -0.2) is 0 Å². The largest absolute Gasteiger partial charge is 0.508 e. The maximum absolute atomic E-state index is 10.4. The molecule has 4 rings (SSSR count). The number of aliphatic hydroxyl groups excluding tert-OH is 1. The summed E-state index contributed by atoms with van der Waals surface area (Å²) < 4.78 is 0. The monoisotopic (exact) mass is 308 g/mol. The summed E-state index contributed by atoms with van der Waals surface area (Å²) >= 11 is 0. The second-order valence-corrected chi connectivity index (χ2v) is 7.44. The van der Waals surface area contributed by atoms with E-state index in [1.54, 1.807) is 0 Å². The van der Waals surface area contributed by atoms with Gasteiger partial charge in [-0.15, -0.1) is 12.4 Å². The van der Waals surface area contributed by atoms with Crippen LogP contribution in [0.2, 0.25) is 0 Å². The molecule has 2 nitrogen and oxygen atoms in total. The first-order valence-corrected chi connectivity index (χ1v) is 8.09. The summed E-state index contributed by atoms with van der Waals surface area (Å²) in [4.78, 5) is 0. The van der Waals surface area contributed by atoms with E-state index in [0.29, 0.717) is 17.6 Å². The van der Waals surface area contributed by atoms with Gasteiger partial charge in [-0.1, -0.05) is 13.0 Å². The van der Waals surface area contributed by atoms with Crippen molar-refractivity contribution in [1.82, 2.24) is 0 Å². The molecule has 3 aliphatic rings. The average Bonchev–Trinajstić information content (AvgIpc) is 2.74. The Labute approximate surface area is 133 Å². The van der Waals surface area contributed by atoms with Crippen molar-refractivity contribution in [1.29, 1.82) is 0 Å². The second-order valence-electron chi connectivity index (χ2n) is 7.44. The van der Waals surface area contributed by atoms with Crippen LogP contribution in [0.1, 0.15) is 56.1 Å². The van der Waals surface area contributed by atoms with Crippen LogP contribution in [-0.2, 0) is 6.42 Å². The molecule has 0 radical (unpaired) electrons. The normalized spacial score (nSPS) is 40.7. The van der Waals surface area contributed by atoms with E-state index in [4.69, 9.17) is 0 Å². The molecule has 2 saturated carbocycles. The molecule has 2 fully saturated rings. The number of hydrogen-bond donors (Lipinski definition) is 2. The van der Waals surface area contributed by atoms with Crippen LogP contribution in [-0.4, -0.2) is 16.3 Å². The molecule has 116 valence electrons. The number of halogens is 1. The number of aromatic hydroxyl groups is 1. The third-order valence-corrected chi connectivity index (χ3v) is 6.66. The summed E-state index contributed by atoms with van der Waals surface area (Å²) in [6.45, 7) is 2.32. The molecule has 1 aromatic rings. The fraction of sp³-hybridized carbons (Fsp3) is 0.667. The van der Waals surface area contributed by atoms with Gasteiger partial charge < -0.3 is 10.2 Å². The highest BCUT2D eigenvalue weighted by atomic mass is 35.5. The Hall–Kier alpha value is -0.730. The lowest BCUT2D eigenvalue weighted by atomic mass is 9.55. The van der Waals surface area contributed by atoms with Crippen LogP contribution in [0, 0.1) is 17.3 Å². The van der Waals surface area contributed by atoms with Crippen molar-refractivity contribution >= 4 is 12.4 Å². The molecule has 0 bridgehead atoms. The highest BCUT2D eigenvalue weighted by Gasteiger charge is 2.54. The molecule has 0 aliphatic heterocycles. The zero-order valence-corrected chi connectivity index (χ0v) is 13.4. The minimum atomic E-state index is -0.0883. The quantitative estimate of drug-likeness (QED) is 0.759. The third-order valence-electron chi connectivity index (χ3n) is 6.66. The van der Waals surface area contributed by atoms with Crippen LogP contribution < -0.4 is 0 Å². The van der Waals surface area contributed by atoms with Gasteiger partial charge in [-0.2, -0.15) is 0 Å². The Bertz CT molecular complexity index is 544. The van der Waals surface area contributed by atoms with Crippen LogP contribution in [0.5, 0.6) is 5.75 Å². The Morgan fingerprint density at radius 1 is 1.14 bits per heavy atom. The van der Waals surface area contributed by atoms with Crippen molar-refractivity contribution < 1.29 is 10.2 Å². The summed E-state index contributed by atoms with van der Waals surface area (Å²) in [5.74, 6) is 2.49. The van der Waals surface area contributed by atoms with Gasteiger partial charge in [0.25, 0.3) is 0 Å². The van der Waals surface area contributed by atoms with E-state index < -0.39 is 0 Å². The standard InChI is InChI=1S/C18H24O2.ClH/c1-18-9-8-14-13-5-3-12(19)10-11(13)2-4-15(14)16(18)6-7-17(18)20;/h3,5,10,14-17,19-20H,2,4,6-9H2,1H3;1H/t14-,15-,16+,17?,18+;/m1./s1. The maximum atomic E-state index is 10.4. The van der Waals surface area contributed by atoms with E-state index in [1.165, 1.54) is 30.4 Å². The first kappa shape index (κ1) is 15.2. The van der Waals surface area contributed by atoms with E-state index in [1.807, 2.05) is 12.1 Å². The first-order valence-electron chi connectivity index (χ1n) is 8.09. The van der Waals surface area contributed by atoms with Gasteiger partial charge in [0, 0.05) is 0 Å². The van der Waals surface area contributed by atoms with Gasteiger partial charge in [0.15, 0.2) is 0 Å². The number of aliphatic hydroxyl groups is 1. The number of aryl methyl sites for hydroxylation is 1. The van der Waals surface area contributed by atoms with Crippen molar-refractivity contribution in [2.75, 3.05) is 0 Å². The second kappa shape index (κ2) is 5.17. The van der Waals surface area contributed by atoms with Crippen LogP contribution in [0.25, 0.3) is 0 Å². The van der Waals surface area contributed by atoms with Crippen LogP contribution in [0.3, 0.4) is 0 Å².